The molecule has 110 valence electrons. The summed E-state index contributed by atoms with van der Waals surface area (Å²) in [6.07, 6.45) is 1.21. The molecule has 0 spiro atoms. The topological polar surface area (TPSA) is 29.5 Å². The molecule has 0 amide bonds. The molecule has 0 saturated heterocycles. The first-order chi connectivity index (χ1) is 10.1. The molecule has 2 atom stereocenters. The van der Waals surface area contributed by atoms with E-state index in [0.29, 0.717) is 5.92 Å². The van der Waals surface area contributed by atoms with Gasteiger partial charge in [0, 0.05) is 8.04 Å². The molecule has 2 aromatic rings. The van der Waals surface area contributed by atoms with Gasteiger partial charge in [0.1, 0.15) is 5.75 Å². The lowest BCUT2D eigenvalue weighted by molar-refractivity contribution is 0.144. The van der Waals surface area contributed by atoms with Crippen molar-refractivity contribution in [1.82, 2.24) is 0 Å². The van der Waals surface area contributed by atoms with Gasteiger partial charge in [0.2, 0.25) is 0 Å². The van der Waals surface area contributed by atoms with Crippen LogP contribution in [-0.4, -0.2) is 11.7 Å². The maximum absolute atomic E-state index is 10.6. The summed E-state index contributed by atoms with van der Waals surface area (Å²) >= 11 is 5.81. The van der Waals surface area contributed by atoms with Crippen LogP contribution in [0.2, 0.25) is 0 Å². The number of para-hydroxylation sites is 1. The Kier molecular flexibility index (Phi) is 4.86. The largest absolute Gasteiger partial charge is 0.493 e. The van der Waals surface area contributed by atoms with Crippen molar-refractivity contribution < 1.29 is 9.84 Å². The number of benzene rings is 2. The highest BCUT2D eigenvalue weighted by Crippen LogP contribution is 2.40. The molecule has 0 aliphatic carbocycles. The molecule has 0 bridgehead atoms. The third-order valence-corrected chi connectivity index (χ3v) is 5.30. The lowest BCUT2D eigenvalue weighted by Crippen LogP contribution is -2.16. The van der Waals surface area contributed by atoms with Gasteiger partial charge < -0.3 is 9.84 Å². The molecule has 0 aromatic heterocycles. The van der Waals surface area contributed by atoms with Gasteiger partial charge in [-0.15, -0.1) is 0 Å². The molecule has 0 radical (unpaired) electrons. The molecular weight excluding hydrogens is 443 g/mol. The Labute approximate surface area is 146 Å². The Morgan fingerprint density at radius 2 is 2.10 bits per heavy atom. The predicted octanol–water partition coefficient (Wildman–Crippen LogP) is 5.04. The summed E-state index contributed by atoms with van der Waals surface area (Å²) in [5.74, 6) is 1.30. The van der Waals surface area contributed by atoms with Crippen molar-refractivity contribution in [3.8, 4) is 5.75 Å². The zero-order valence-electron chi connectivity index (χ0n) is 11.4. The van der Waals surface area contributed by atoms with Crippen LogP contribution in [0.3, 0.4) is 0 Å². The quantitative estimate of drug-likeness (QED) is 0.652. The molecule has 3 rings (SSSR count). The van der Waals surface area contributed by atoms with Crippen molar-refractivity contribution in [2.45, 2.75) is 24.9 Å². The Balaban J connectivity index is 1.82. The second-order valence-electron chi connectivity index (χ2n) is 5.29. The molecule has 1 N–H and O–H groups in total. The van der Waals surface area contributed by atoms with Crippen LogP contribution in [0.1, 0.15) is 36.0 Å². The first kappa shape index (κ1) is 15.3. The summed E-state index contributed by atoms with van der Waals surface area (Å²) in [5.41, 5.74) is 2.18. The van der Waals surface area contributed by atoms with Crippen molar-refractivity contribution in [2.24, 2.45) is 0 Å². The van der Waals surface area contributed by atoms with E-state index in [0.717, 1.165) is 38.8 Å². The number of ether oxygens (including phenoxy) is 1. The molecule has 0 fully saturated rings. The van der Waals surface area contributed by atoms with E-state index < -0.39 is 6.10 Å². The monoisotopic (exact) mass is 458 g/mol. The van der Waals surface area contributed by atoms with Gasteiger partial charge in [0.05, 0.1) is 12.7 Å². The van der Waals surface area contributed by atoms with Gasteiger partial charge in [-0.25, -0.2) is 0 Å². The Morgan fingerprint density at radius 1 is 1.29 bits per heavy atom. The van der Waals surface area contributed by atoms with Crippen molar-refractivity contribution in [2.75, 3.05) is 6.61 Å². The SMILES string of the molecule is OC(CC1CCOc2ccccc21)c1cc(I)ccc1Br. The number of hydrogen-bond donors (Lipinski definition) is 1. The van der Waals surface area contributed by atoms with Crippen molar-refractivity contribution >= 4 is 38.5 Å². The summed E-state index contributed by atoms with van der Waals surface area (Å²) in [4.78, 5) is 0. The number of aliphatic hydroxyl groups is 1. The van der Waals surface area contributed by atoms with Gasteiger partial charge >= 0.3 is 0 Å². The first-order valence-electron chi connectivity index (χ1n) is 7.00. The number of fused-ring (bicyclic) bond motifs is 1. The van der Waals surface area contributed by atoms with E-state index in [1.807, 2.05) is 36.4 Å². The van der Waals surface area contributed by atoms with E-state index in [-0.39, 0.29) is 0 Å². The Hall–Kier alpha value is -0.590. The first-order valence-corrected chi connectivity index (χ1v) is 8.87. The van der Waals surface area contributed by atoms with Crippen LogP contribution in [0.5, 0.6) is 5.75 Å². The van der Waals surface area contributed by atoms with E-state index in [2.05, 4.69) is 44.6 Å². The number of hydrogen-bond acceptors (Lipinski definition) is 2. The smallest absolute Gasteiger partial charge is 0.122 e. The van der Waals surface area contributed by atoms with Crippen LogP contribution in [-0.2, 0) is 0 Å². The molecule has 2 unspecified atom stereocenters. The minimum absolute atomic E-state index is 0.342. The van der Waals surface area contributed by atoms with Crippen LogP contribution >= 0.6 is 38.5 Å². The maximum atomic E-state index is 10.6. The Morgan fingerprint density at radius 3 is 2.95 bits per heavy atom. The molecule has 2 nitrogen and oxygen atoms in total. The van der Waals surface area contributed by atoms with Crippen LogP contribution in [0.4, 0.5) is 0 Å². The van der Waals surface area contributed by atoms with E-state index in [9.17, 15) is 5.11 Å². The van der Waals surface area contributed by atoms with Gasteiger partial charge in [-0.1, -0.05) is 34.1 Å². The predicted molar refractivity (Wildman–Crippen MR) is 95.7 cm³/mol. The van der Waals surface area contributed by atoms with Gasteiger partial charge in [0.25, 0.3) is 0 Å². The van der Waals surface area contributed by atoms with Crippen molar-refractivity contribution in [3.63, 3.8) is 0 Å². The highest BCUT2D eigenvalue weighted by Gasteiger charge is 2.25. The summed E-state index contributed by atoms with van der Waals surface area (Å²) in [6, 6.07) is 14.2. The van der Waals surface area contributed by atoms with Gasteiger partial charge in [-0.3, -0.25) is 0 Å². The lowest BCUT2D eigenvalue weighted by Gasteiger charge is -2.28. The van der Waals surface area contributed by atoms with Crippen molar-refractivity contribution in [3.05, 3.63) is 61.6 Å². The van der Waals surface area contributed by atoms with Gasteiger partial charge in [-0.05, 0) is 76.7 Å². The average molecular weight is 459 g/mol. The molecule has 1 heterocycles. The fourth-order valence-corrected chi connectivity index (χ4v) is 3.85. The summed E-state index contributed by atoms with van der Waals surface area (Å²) in [5, 5.41) is 10.6. The Bertz CT molecular complexity index is 644. The standard InChI is InChI=1S/C17H16BrIO2/c18-15-6-5-12(19)10-14(15)16(20)9-11-7-8-21-17-4-2-1-3-13(11)17/h1-6,10-11,16,20H,7-9H2. The lowest BCUT2D eigenvalue weighted by atomic mass is 9.86. The zero-order valence-corrected chi connectivity index (χ0v) is 15.2. The molecule has 0 saturated carbocycles. The molecule has 21 heavy (non-hydrogen) atoms. The highest BCUT2D eigenvalue weighted by atomic mass is 127. The summed E-state index contributed by atoms with van der Waals surface area (Å²) in [7, 11) is 0. The normalized spacial score (nSPS) is 18.7. The average Bonchev–Trinajstić information content (AvgIpc) is 2.50. The number of rotatable bonds is 3. The molecule has 4 heteroatoms. The molecule has 1 aliphatic rings. The fraction of sp³-hybridized carbons (Fsp3) is 0.294. The van der Waals surface area contributed by atoms with Crippen LogP contribution in [0.15, 0.2) is 46.9 Å². The minimum atomic E-state index is -0.467. The van der Waals surface area contributed by atoms with Gasteiger partial charge in [-0.2, -0.15) is 0 Å². The summed E-state index contributed by atoms with van der Waals surface area (Å²) in [6.45, 7) is 0.724. The van der Waals surface area contributed by atoms with E-state index in [1.54, 1.807) is 0 Å². The van der Waals surface area contributed by atoms with Crippen LogP contribution in [0.25, 0.3) is 0 Å². The van der Waals surface area contributed by atoms with E-state index in [1.165, 1.54) is 5.56 Å². The number of halogens is 2. The van der Waals surface area contributed by atoms with E-state index >= 15 is 0 Å². The van der Waals surface area contributed by atoms with Crippen molar-refractivity contribution in [1.29, 1.82) is 0 Å². The third-order valence-electron chi connectivity index (χ3n) is 3.91. The summed E-state index contributed by atoms with van der Waals surface area (Å²) < 4.78 is 7.80. The zero-order chi connectivity index (χ0) is 14.8. The fourth-order valence-electron chi connectivity index (χ4n) is 2.83. The molecule has 1 aliphatic heterocycles. The second-order valence-corrected chi connectivity index (χ2v) is 7.39. The van der Waals surface area contributed by atoms with Gasteiger partial charge in [0.15, 0.2) is 0 Å². The van der Waals surface area contributed by atoms with Crippen LogP contribution in [0, 0.1) is 3.57 Å². The number of aliphatic hydroxyl groups excluding tert-OH is 1. The highest BCUT2D eigenvalue weighted by molar-refractivity contribution is 14.1. The molecular formula is C17H16BrIO2. The third kappa shape index (κ3) is 3.43. The second kappa shape index (κ2) is 6.67. The minimum Gasteiger partial charge on any atom is -0.493 e. The molecule has 2 aromatic carbocycles. The van der Waals surface area contributed by atoms with E-state index in [4.69, 9.17) is 4.74 Å². The van der Waals surface area contributed by atoms with Crippen LogP contribution < -0.4 is 4.74 Å². The maximum Gasteiger partial charge on any atom is 0.122 e.